The van der Waals surface area contributed by atoms with Crippen LogP contribution in [0.2, 0.25) is 0 Å². The van der Waals surface area contributed by atoms with E-state index in [0.29, 0.717) is 12.2 Å². The highest BCUT2D eigenvalue weighted by Gasteiger charge is 2.21. The lowest BCUT2D eigenvalue weighted by Gasteiger charge is -2.35. The molecule has 0 spiro atoms. The minimum absolute atomic E-state index is 0.200. The van der Waals surface area contributed by atoms with E-state index in [-0.39, 0.29) is 23.9 Å². The van der Waals surface area contributed by atoms with Crippen LogP contribution in [0.3, 0.4) is 0 Å². The first-order valence-electron chi connectivity index (χ1n) is 7.14. The summed E-state index contributed by atoms with van der Waals surface area (Å²) in [6.07, 6.45) is 1.48. The van der Waals surface area contributed by atoms with Crippen molar-refractivity contribution >= 4 is 5.91 Å². The normalized spacial score (nSPS) is 23.8. The second-order valence-corrected chi connectivity index (χ2v) is 5.46. The maximum absolute atomic E-state index is 11.7. The fraction of sp³-hybridized carbons (Fsp3) is 0.714. The Bertz CT molecular complexity index is 437. The van der Waals surface area contributed by atoms with E-state index in [9.17, 15) is 4.79 Å². The number of morpholine rings is 1. The summed E-state index contributed by atoms with van der Waals surface area (Å²) in [5.74, 6) is 0.0745. The van der Waals surface area contributed by atoms with Gasteiger partial charge in [0.1, 0.15) is 0 Å². The largest absolute Gasteiger partial charge is 0.373 e. The van der Waals surface area contributed by atoms with Crippen molar-refractivity contribution < 1.29 is 14.1 Å². The first-order valence-corrected chi connectivity index (χ1v) is 7.14. The highest BCUT2D eigenvalue weighted by molar-refractivity contribution is 5.91. The van der Waals surface area contributed by atoms with Crippen LogP contribution < -0.4 is 5.32 Å². The molecule has 1 aliphatic rings. The third-order valence-corrected chi connectivity index (χ3v) is 3.28. The molecule has 2 rings (SSSR count). The van der Waals surface area contributed by atoms with Crippen LogP contribution in [0.15, 0.2) is 10.6 Å². The van der Waals surface area contributed by atoms with Gasteiger partial charge in [0.25, 0.3) is 5.91 Å². The summed E-state index contributed by atoms with van der Waals surface area (Å²) in [6.45, 7) is 9.50. The molecule has 0 aromatic carbocycles. The number of amides is 1. The molecule has 0 aliphatic carbocycles. The highest BCUT2D eigenvalue weighted by atomic mass is 16.5. The topological polar surface area (TPSA) is 67.6 Å². The molecule has 1 aliphatic heterocycles. The molecule has 112 valence electrons. The molecule has 20 heavy (non-hydrogen) atoms. The minimum Gasteiger partial charge on any atom is -0.373 e. The van der Waals surface area contributed by atoms with Gasteiger partial charge in [-0.25, -0.2) is 0 Å². The Balaban J connectivity index is 1.65. The van der Waals surface area contributed by atoms with Crippen LogP contribution in [-0.4, -0.2) is 54.4 Å². The SMILES string of the molecule is Cc1cc(C(=O)NCCCN2C[C@H](C)O[C@@H](C)C2)on1. The van der Waals surface area contributed by atoms with Crippen molar-refractivity contribution in [2.45, 2.75) is 39.4 Å². The second-order valence-electron chi connectivity index (χ2n) is 5.46. The summed E-state index contributed by atoms with van der Waals surface area (Å²) in [6, 6.07) is 1.64. The third kappa shape index (κ3) is 4.31. The number of ether oxygens (including phenoxy) is 1. The van der Waals surface area contributed by atoms with Crippen LogP contribution >= 0.6 is 0 Å². The molecule has 1 N–H and O–H groups in total. The van der Waals surface area contributed by atoms with E-state index in [0.717, 1.165) is 26.1 Å². The van der Waals surface area contributed by atoms with Crippen LogP contribution in [-0.2, 0) is 4.74 Å². The lowest BCUT2D eigenvalue weighted by molar-refractivity contribution is -0.0680. The van der Waals surface area contributed by atoms with Crippen molar-refractivity contribution in [1.29, 1.82) is 0 Å². The summed E-state index contributed by atoms with van der Waals surface area (Å²) in [5.41, 5.74) is 0.714. The Morgan fingerprint density at radius 2 is 2.15 bits per heavy atom. The lowest BCUT2D eigenvalue weighted by Crippen LogP contribution is -2.46. The summed E-state index contributed by atoms with van der Waals surface area (Å²) >= 11 is 0. The molecule has 1 amide bonds. The number of hydrogen-bond acceptors (Lipinski definition) is 5. The first-order chi connectivity index (χ1) is 9.54. The first kappa shape index (κ1) is 15.0. The monoisotopic (exact) mass is 281 g/mol. The molecule has 2 atom stereocenters. The van der Waals surface area contributed by atoms with E-state index < -0.39 is 0 Å². The zero-order chi connectivity index (χ0) is 14.5. The van der Waals surface area contributed by atoms with Crippen LogP contribution in [0.1, 0.15) is 36.5 Å². The molecule has 1 fully saturated rings. The van der Waals surface area contributed by atoms with E-state index in [4.69, 9.17) is 9.26 Å². The van der Waals surface area contributed by atoms with Gasteiger partial charge in [-0.2, -0.15) is 0 Å². The molecule has 0 saturated carbocycles. The molecule has 1 saturated heterocycles. The maximum Gasteiger partial charge on any atom is 0.289 e. The van der Waals surface area contributed by atoms with Crippen molar-refractivity contribution in [3.05, 3.63) is 17.5 Å². The molecule has 1 aromatic heterocycles. The van der Waals surface area contributed by atoms with Gasteiger partial charge in [0, 0.05) is 32.2 Å². The van der Waals surface area contributed by atoms with E-state index in [1.54, 1.807) is 13.0 Å². The quantitative estimate of drug-likeness (QED) is 0.822. The van der Waals surface area contributed by atoms with Crippen LogP contribution in [0.5, 0.6) is 0 Å². The van der Waals surface area contributed by atoms with E-state index in [2.05, 4.69) is 29.2 Å². The zero-order valence-corrected chi connectivity index (χ0v) is 12.4. The number of nitrogens with one attached hydrogen (secondary N) is 1. The Labute approximate surface area is 119 Å². The molecule has 0 radical (unpaired) electrons. The van der Waals surface area contributed by atoms with Gasteiger partial charge in [0.15, 0.2) is 0 Å². The Hall–Kier alpha value is -1.40. The summed E-state index contributed by atoms with van der Waals surface area (Å²) in [7, 11) is 0. The number of carbonyl (C=O) groups is 1. The van der Waals surface area contributed by atoms with E-state index in [1.165, 1.54) is 0 Å². The smallest absolute Gasteiger partial charge is 0.289 e. The van der Waals surface area contributed by atoms with Gasteiger partial charge in [-0.3, -0.25) is 9.69 Å². The standard InChI is InChI=1S/C14H23N3O3/c1-10-7-13(20-16-10)14(18)15-5-4-6-17-8-11(2)19-12(3)9-17/h7,11-12H,4-6,8-9H2,1-3H3,(H,15,18)/t11-,12-/m0/s1. The second kappa shape index (κ2) is 6.85. The number of aromatic nitrogens is 1. The fourth-order valence-corrected chi connectivity index (χ4v) is 2.53. The summed E-state index contributed by atoms with van der Waals surface area (Å²) in [4.78, 5) is 14.1. The molecule has 0 bridgehead atoms. The number of aryl methyl sites for hydroxylation is 1. The predicted octanol–water partition coefficient (Wildman–Crippen LogP) is 1.21. The van der Waals surface area contributed by atoms with Gasteiger partial charge in [-0.05, 0) is 27.2 Å². The maximum atomic E-state index is 11.7. The van der Waals surface area contributed by atoms with Crippen molar-refractivity contribution in [1.82, 2.24) is 15.4 Å². The fourth-order valence-electron chi connectivity index (χ4n) is 2.53. The van der Waals surface area contributed by atoms with Gasteiger partial charge in [0.2, 0.25) is 5.76 Å². The number of nitrogens with zero attached hydrogens (tertiary/aromatic N) is 2. The summed E-state index contributed by atoms with van der Waals surface area (Å²) < 4.78 is 10.6. The molecule has 1 aromatic rings. The Kier molecular flexibility index (Phi) is 5.14. The molecular formula is C14H23N3O3. The minimum atomic E-state index is -0.200. The Morgan fingerprint density at radius 3 is 2.75 bits per heavy atom. The lowest BCUT2D eigenvalue weighted by atomic mass is 10.2. The molecule has 2 heterocycles. The van der Waals surface area contributed by atoms with Gasteiger partial charge >= 0.3 is 0 Å². The number of rotatable bonds is 5. The zero-order valence-electron chi connectivity index (χ0n) is 12.4. The predicted molar refractivity (Wildman–Crippen MR) is 74.6 cm³/mol. The van der Waals surface area contributed by atoms with Crippen LogP contribution in [0.25, 0.3) is 0 Å². The molecule has 0 unspecified atom stereocenters. The number of hydrogen-bond donors (Lipinski definition) is 1. The van der Waals surface area contributed by atoms with E-state index >= 15 is 0 Å². The van der Waals surface area contributed by atoms with E-state index in [1.807, 2.05) is 0 Å². The van der Waals surface area contributed by atoms with Crippen molar-refractivity contribution in [3.8, 4) is 0 Å². The summed E-state index contributed by atoms with van der Waals surface area (Å²) in [5, 5.41) is 6.54. The molecule has 6 nitrogen and oxygen atoms in total. The van der Waals surface area contributed by atoms with Crippen molar-refractivity contribution in [2.75, 3.05) is 26.2 Å². The van der Waals surface area contributed by atoms with Crippen molar-refractivity contribution in [2.24, 2.45) is 0 Å². The van der Waals surface area contributed by atoms with Crippen LogP contribution in [0, 0.1) is 6.92 Å². The number of carbonyl (C=O) groups excluding carboxylic acids is 1. The van der Waals surface area contributed by atoms with Gasteiger partial charge in [-0.15, -0.1) is 0 Å². The average molecular weight is 281 g/mol. The van der Waals surface area contributed by atoms with Crippen LogP contribution in [0.4, 0.5) is 0 Å². The highest BCUT2D eigenvalue weighted by Crippen LogP contribution is 2.10. The third-order valence-electron chi connectivity index (χ3n) is 3.28. The van der Waals surface area contributed by atoms with Gasteiger partial charge in [0.05, 0.1) is 17.9 Å². The van der Waals surface area contributed by atoms with Gasteiger partial charge in [-0.1, -0.05) is 5.16 Å². The van der Waals surface area contributed by atoms with Crippen molar-refractivity contribution in [3.63, 3.8) is 0 Å². The average Bonchev–Trinajstić information content (AvgIpc) is 2.80. The van der Waals surface area contributed by atoms with Gasteiger partial charge < -0.3 is 14.6 Å². The molecular weight excluding hydrogens is 258 g/mol. The Morgan fingerprint density at radius 1 is 1.45 bits per heavy atom. The molecule has 6 heteroatoms.